The van der Waals surface area contributed by atoms with Crippen molar-refractivity contribution < 1.29 is 22.3 Å². The van der Waals surface area contributed by atoms with Crippen molar-refractivity contribution in [3.05, 3.63) is 36.1 Å². The molecule has 0 bridgehead atoms. The molecule has 1 unspecified atom stereocenters. The number of fused-ring (bicyclic) bond motifs is 1. The number of alkyl halides is 3. The maximum Gasteiger partial charge on any atom is 0.400 e. The van der Waals surface area contributed by atoms with Crippen molar-refractivity contribution in [2.45, 2.75) is 24.6 Å². The number of pyridine rings is 1. The number of carbonyl (C=O) groups excluding carboxylic acids is 1. The summed E-state index contributed by atoms with van der Waals surface area (Å²) in [7, 11) is -2.53. The minimum atomic E-state index is -3.75. The highest BCUT2D eigenvalue weighted by atomic mass is 35.5. The highest BCUT2D eigenvalue weighted by Crippen LogP contribution is 2.32. The number of rotatable bonds is 6. The molecule has 0 aliphatic heterocycles. The van der Waals surface area contributed by atoms with Gasteiger partial charge in [0.05, 0.1) is 21.8 Å². The lowest BCUT2D eigenvalue weighted by Gasteiger charge is -2.01. The molecular formula is C17H16ClF2N5O3S. The molecule has 1 saturated carbocycles. The molecule has 29 heavy (non-hydrogen) atoms. The van der Waals surface area contributed by atoms with E-state index in [1.165, 1.54) is 6.26 Å². The molecule has 1 fully saturated rings. The van der Waals surface area contributed by atoms with Crippen LogP contribution >= 0.6 is 11.6 Å². The Morgan fingerprint density at radius 1 is 1.45 bits per heavy atom. The fourth-order valence-electron chi connectivity index (χ4n) is 2.88. The van der Waals surface area contributed by atoms with Gasteiger partial charge in [0.2, 0.25) is 5.82 Å². The summed E-state index contributed by atoms with van der Waals surface area (Å²) in [6, 6.07) is 3.14. The predicted octanol–water partition coefficient (Wildman–Crippen LogP) is 3.25. The fourth-order valence-corrected chi connectivity index (χ4v) is 4.73. The fraction of sp³-hybridized carbons (Fsp3) is 0.412. The van der Waals surface area contributed by atoms with Crippen LogP contribution in [0.25, 0.3) is 17.0 Å². The molecule has 0 N–H and O–H groups in total. The number of aromatic nitrogens is 4. The molecule has 3 aromatic rings. The number of imidazole rings is 1. The molecule has 0 aromatic carbocycles. The van der Waals surface area contributed by atoms with Crippen molar-refractivity contribution in [3.8, 4) is 11.4 Å². The van der Waals surface area contributed by atoms with Crippen molar-refractivity contribution in [2.24, 2.45) is 10.3 Å². The zero-order valence-electron chi connectivity index (χ0n) is 15.2. The van der Waals surface area contributed by atoms with Crippen molar-refractivity contribution in [3.63, 3.8) is 0 Å². The summed E-state index contributed by atoms with van der Waals surface area (Å²) in [4.78, 5) is 20.1. The molecule has 1 aliphatic carbocycles. The second kappa shape index (κ2) is 7.13. The zero-order chi connectivity index (χ0) is 20.8. The minimum Gasteiger partial charge on any atom is -0.331 e. The lowest BCUT2D eigenvalue weighted by atomic mass is 10.2. The van der Waals surface area contributed by atoms with Gasteiger partial charge in [-0.1, -0.05) is 5.16 Å². The number of hydrogen-bond donors (Lipinski definition) is 0. The van der Waals surface area contributed by atoms with Crippen molar-refractivity contribution >= 4 is 32.9 Å². The Hall–Kier alpha value is -2.40. The molecule has 3 aromatic heterocycles. The first-order valence-corrected chi connectivity index (χ1v) is 11.2. The largest absolute Gasteiger partial charge is 0.400 e. The summed E-state index contributed by atoms with van der Waals surface area (Å²) < 4.78 is 48.5. The number of carbonyl (C=O) groups is 1. The molecule has 4 rings (SSSR count). The van der Waals surface area contributed by atoms with Crippen molar-refractivity contribution in [1.82, 2.24) is 19.5 Å². The van der Waals surface area contributed by atoms with Crippen LogP contribution in [0, 0.1) is 5.92 Å². The monoisotopic (exact) mass is 443 g/mol. The molecule has 0 saturated heterocycles. The van der Waals surface area contributed by atoms with Gasteiger partial charge < -0.3 is 8.92 Å². The Morgan fingerprint density at radius 2 is 2.21 bits per heavy atom. The van der Waals surface area contributed by atoms with Crippen LogP contribution in [0.1, 0.15) is 24.4 Å². The molecule has 0 radical (unpaired) electrons. The standard InChI is InChI=1S/C17H16ClF2N5O3S/c1-29(27,9-10-2-3-10)24-14(26)7-12-8-25-5-4-11(6-13(25)21-12)15-22-16(28-23-15)17(18,19)20/h4-6,8,10H,2-3,7,9H2,1H3. The Morgan fingerprint density at radius 3 is 2.86 bits per heavy atom. The molecule has 8 nitrogen and oxygen atoms in total. The van der Waals surface area contributed by atoms with Gasteiger partial charge in [-0.05, 0) is 42.5 Å². The van der Waals surface area contributed by atoms with Crippen LogP contribution < -0.4 is 0 Å². The van der Waals surface area contributed by atoms with E-state index in [9.17, 15) is 17.8 Å². The van der Waals surface area contributed by atoms with Gasteiger partial charge >= 0.3 is 11.3 Å². The first-order valence-electron chi connectivity index (χ1n) is 8.71. The van der Waals surface area contributed by atoms with Gasteiger partial charge in [-0.15, -0.1) is 0 Å². The normalized spacial score (nSPS) is 16.7. The lowest BCUT2D eigenvalue weighted by molar-refractivity contribution is -0.117. The van der Waals surface area contributed by atoms with Crippen LogP contribution in [-0.4, -0.2) is 41.7 Å². The maximum atomic E-state index is 13.0. The molecule has 12 heteroatoms. The molecule has 1 amide bonds. The Bertz CT molecular complexity index is 1210. The van der Waals surface area contributed by atoms with Crippen LogP contribution in [0.3, 0.4) is 0 Å². The third-order valence-electron chi connectivity index (χ3n) is 4.31. The summed E-state index contributed by atoms with van der Waals surface area (Å²) in [5.74, 6) is -0.707. The molecule has 154 valence electrons. The van der Waals surface area contributed by atoms with Gasteiger partial charge in [0.1, 0.15) is 5.65 Å². The smallest absolute Gasteiger partial charge is 0.331 e. The van der Waals surface area contributed by atoms with Gasteiger partial charge in [-0.2, -0.15) is 18.1 Å². The van der Waals surface area contributed by atoms with Gasteiger partial charge in [0, 0.05) is 30.0 Å². The Labute approximate surface area is 169 Å². The van der Waals surface area contributed by atoms with E-state index >= 15 is 0 Å². The van der Waals surface area contributed by atoms with Crippen LogP contribution in [-0.2, 0) is 26.3 Å². The zero-order valence-corrected chi connectivity index (χ0v) is 16.8. The predicted molar refractivity (Wildman–Crippen MR) is 101 cm³/mol. The Balaban J connectivity index is 1.54. The quantitative estimate of drug-likeness (QED) is 0.542. The van der Waals surface area contributed by atoms with E-state index in [4.69, 9.17) is 11.6 Å². The van der Waals surface area contributed by atoms with Gasteiger partial charge in [0.25, 0.3) is 5.91 Å². The second-order valence-corrected chi connectivity index (χ2v) is 9.97. The van der Waals surface area contributed by atoms with E-state index in [0.29, 0.717) is 28.6 Å². The van der Waals surface area contributed by atoms with Gasteiger partial charge in [-0.25, -0.2) is 9.19 Å². The second-order valence-electron chi connectivity index (χ2n) is 7.07. The molecule has 3 heterocycles. The van der Waals surface area contributed by atoms with Crippen LogP contribution in [0.15, 0.2) is 33.4 Å². The first kappa shape index (κ1) is 19.9. The first-order chi connectivity index (χ1) is 13.6. The van der Waals surface area contributed by atoms with Crippen molar-refractivity contribution in [2.75, 3.05) is 12.0 Å². The number of hydrogen-bond acceptors (Lipinski definition) is 6. The van der Waals surface area contributed by atoms with Crippen molar-refractivity contribution in [1.29, 1.82) is 0 Å². The maximum absolute atomic E-state index is 13.0. The van der Waals surface area contributed by atoms with E-state index < -0.39 is 26.9 Å². The van der Waals surface area contributed by atoms with E-state index in [2.05, 4.69) is 24.0 Å². The summed E-state index contributed by atoms with van der Waals surface area (Å²) in [6.07, 6.45) is 6.74. The average molecular weight is 444 g/mol. The number of nitrogens with zero attached hydrogens (tertiary/aromatic N) is 5. The summed E-state index contributed by atoms with van der Waals surface area (Å²) in [6.45, 7) is 0. The topological polar surface area (TPSA) is 103 Å². The highest BCUT2D eigenvalue weighted by molar-refractivity contribution is 7.93. The van der Waals surface area contributed by atoms with Gasteiger partial charge in [0.15, 0.2) is 0 Å². The van der Waals surface area contributed by atoms with E-state index in [-0.39, 0.29) is 12.2 Å². The molecule has 1 aliphatic rings. The average Bonchev–Trinajstić information content (AvgIpc) is 3.10. The van der Waals surface area contributed by atoms with Crippen LogP contribution in [0.4, 0.5) is 8.78 Å². The minimum absolute atomic E-state index is 0.0655. The van der Waals surface area contributed by atoms with Crippen LogP contribution in [0.5, 0.6) is 0 Å². The highest BCUT2D eigenvalue weighted by Gasteiger charge is 2.35. The molecular weight excluding hydrogens is 428 g/mol. The molecule has 0 spiro atoms. The van der Waals surface area contributed by atoms with E-state index in [1.54, 1.807) is 28.9 Å². The third kappa shape index (κ3) is 4.78. The number of amides is 1. The molecule has 1 atom stereocenters. The summed E-state index contributed by atoms with van der Waals surface area (Å²) in [5, 5.41) is -0.258. The summed E-state index contributed by atoms with van der Waals surface area (Å²) >= 11 is 4.88. The summed E-state index contributed by atoms with van der Waals surface area (Å²) in [5.41, 5.74) is 1.28. The Kier molecular flexibility index (Phi) is 4.89. The SMILES string of the molecule is CS(=O)(CC1CC1)=NC(=O)Cc1cn2ccc(-c3noc(C(F)(F)Cl)n3)cc2n1. The lowest BCUT2D eigenvalue weighted by Crippen LogP contribution is -2.10. The van der Waals surface area contributed by atoms with E-state index in [1.807, 2.05) is 0 Å². The van der Waals surface area contributed by atoms with E-state index in [0.717, 1.165) is 12.8 Å². The van der Waals surface area contributed by atoms with Crippen LogP contribution in [0.2, 0.25) is 0 Å². The number of halogens is 3. The van der Waals surface area contributed by atoms with Gasteiger partial charge in [-0.3, -0.25) is 4.79 Å². The third-order valence-corrected chi connectivity index (χ3v) is 6.15.